The molecule has 1 fully saturated rings. The van der Waals surface area contributed by atoms with Gasteiger partial charge in [0.25, 0.3) is 0 Å². The molecule has 2 N–H and O–H groups in total. The molecule has 2 atom stereocenters. The maximum Gasteiger partial charge on any atom is 0.320 e. The van der Waals surface area contributed by atoms with E-state index in [1.165, 1.54) is 0 Å². The molecule has 1 aliphatic rings. The number of aliphatic hydroxyl groups is 1. The maximum absolute atomic E-state index is 11.1. The third-order valence-electron chi connectivity index (χ3n) is 3.41. The zero-order valence-corrected chi connectivity index (χ0v) is 11.5. The lowest BCUT2D eigenvalue weighted by Crippen LogP contribution is -2.45. The van der Waals surface area contributed by atoms with Crippen LogP contribution in [0, 0.1) is 11.8 Å². The van der Waals surface area contributed by atoms with E-state index in [0.29, 0.717) is 13.0 Å². The summed E-state index contributed by atoms with van der Waals surface area (Å²) in [6, 6.07) is 8.93. The Morgan fingerprint density at radius 3 is 2.80 bits per heavy atom. The first-order chi connectivity index (χ1) is 9.48. The predicted octanol–water partition coefficient (Wildman–Crippen LogP) is 1.34. The molecule has 4 nitrogen and oxygen atoms in total. The Morgan fingerprint density at radius 2 is 2.15 bits per heavy atom. The van der Waals surface area contributed by atoms with Crippen LogP contribution in [0.4, 0.5) is 0 Å². The minimum Gasteiger partial charge on any atom is -0.480 e. The van der Waals surface area contributed by atoms with Crippen LogP contribution in [0.2, 0.25) is 0 Å². The first-order valence-corrected chi connectivity index (χ1v) is 6.75. The van der Waals surface area contributed by atoms with Crippen LogP contribution in [0.15, 0.2) is 30.3 Å². The highest BCUT2D eigenvalue weighted by Crippen LogP contribution is 2.20. The van der Waals surface area contributed by atoms with Gasteiger partial charge in [-0.15, -0.1) is 0 Å². The monoisotopic (exact) mass is 273 g/mol. The van der Waals surface area contributed by atoms with E-state index in [2.05, 4.69) is 11.8 Å². The summed E-state index contributed by atoms with van der Waals surface area (Å²) in [6.45, 7) is 2.57. The first kappa shape index (κ1) is 14.6. The number of hydrogen-bond acceptors (Lipinski definition) is 3. The fourth-order valence-electron chi connectivity index (χ4n) is 2.46. The van der Waals surface area contributed by atoms with Gasteiger partial charge in [-0.3, -0.25) is 9.69 Å². The number of rotatable bonds is 3. The number of hydrogen-bond donors (Lipinski definition) is 2. The summed E-state index contributed by atoms with van der Waals surface area (Å²) in [5.74, 6) is 4.94. The van der Waals surface area contributed by atoms with Crippen molar-refractivity contribution in [2.45, 2.75) is 31.4 Å². The Morgan fingerprint density at radius 1 is 1.45 bits per heavy atom. The second-order valence-electron chi connectivity index (χ2n) is 5.36. The lowest BCUT2D eigenvalue weighted by molar-refractivity contribution is -0.142. The smallest absolute Gasteiger partial charge is 0.320 e. The average Bonchev–Trinajstić information content (AvgIpc) is 2.85. The summed E-state index contributed by atoms with van der Waals surface area (Å²) < 4.78 is 0. The molecule has 1 heterocycles. The Balaban J connectivity index is 2.04. The van der Waals surface area contributed by atoms with Crippen molar-refractivity contribution in [3.8, 4) is 11.8 Å². The van der Waals surface area contributed by atoms with Crippen LogP contribution in [0.3, 0.4) is 0 Å². The molecule has 4 heteroatoms. The van der Waals surface area contributed by atoms with E-state index in [-0.39, 0.29) is 6.54 Å². The van der Waals surface area contributed by atoms with E-state index in [1.54, 1.807) is 11.8 Å². The molecule has 0 saturated carbocycles. The molecule has 20 heavy (non-hydrogen) atoms. The van der Waals surface area contributed by atoms with Crippen molar-refractivity contribution in [1.82, 2.24) is 4.90 Å². The predicted molar refractivity (Wildman–Crippen MR) is 76.2 cm³/mol. The topological polar surface area (TPSA) is 60.8 Å². The summed E-state index contributed by atoms with van der Waals surface area (Å²) in [7, 11) is 0. The fourth-order valence-corrected chi connectivity index (χ4v) is 2.46. The highest BCUT2D eigenvalue weighted by molar-refractivity contribution is 5.73. The summed E-state index contributed by atoms with van der Waals surface area (Å²) >= 11 is 0. The zero-order valence-electron chi connectivity index (χ0n) is 11.5. The molecule has 1 aromatic rings. The molecule has 1 aromatic carbocycles. The van der Waals surface area contributed by atoms with Crippen molar-refractivity contribution < 1.29 is 15.0 Å². The molecular formula is C16H19NO3. The van der Waals surface area contributed by atoms with Crippen molar-refractivity contribution >= 4 is 5.97 Å². The highest BCUT2D eigenvalue weighted by Gasteiger charge is 2.34. The van der Waals surface area contributed by atoms with Crippen molar-refractivity contribution in [2.75, 3.05) is 13.1 Å². The van der Waals surface area contributed by atoms with Crippen molar-refractivity contribution in [2.24, 2.45) is 0 Å². The molecular weight excluding hydrogens is 254 g/mol. The van der Waals surface area contributed by atoms with Crippen molar-refractivity contribution in [3.63, 3.8) is 0 Å². The molecule has 0 aliphatic carbocycles. The third-order valence-corrected chi connectivity index (χ3v) is 3.41. The van der Waals surface area contributed by atoms with Gasteiger partial charge in [-0.05, 0) is 38.4 Å². The van der Waals surface area contributed by atoms with Gasteiger partial charge in [0.15, 0.2) is 0 Å². The number of nitrogens with zero attached hydrogens (tertiary/aromatic N) is 1. The van der Waals surface area contributed by atoms with E-state index in [4.69, 9.17) is 5.11 Å². The van der Waals surface area contributed by atoms with Crippen molar-refractivity contribution in [3.05, 3.63) is 35.9 Å². The van der Waals surface area contributed by atoms with Crippen LogP contribution in [0.5, 0.6) is 0 Å². The quantitative estimate of drug-likeness (QED) is 0.816. The molecule has 0 bridgehead atoms. The van der Waals surface area contributed by atoms with Gasteiger partial charge in [-0.25, -0.2) is 0 Å². The van der Waals surface area contributed by atoms with E-state index in [1.807, 2.05) is 30.3 Å². The minimum atomic E-state index is -1.21. The normalized spacial score (nSPS) is 21.8. The Kier molecular flexibility index (Phi) is 4.43. The summed E-state index contributed by atoms with van der Waals surface area (Å²) in [5, 5.41) is 19.5. The summed E-state index contributed by atoms with van der Waals surface area (Å²) in [6.07, 6.45) is 1.48. The molecule has 0 amide bonds. The zero-order chi connectivity index (χ0) is 14.6. The number of β-amino-alcohol motifs (C(OH)–C–C–N with tert-alkyl or cyclic N) is 1. The number of carboxylic acids is 1. The van der Waals surface area contributed by atoms with Gasteiger partial charge >= 0.3 is 5.97 Å². The Hall–Kier alpha value is -1.83. The number of likely N-dealkylation sites (tertiary alicyclic amines) is 1. The summed E-state index contributed by atoms with van der Waals surface area (Å²) in [5.41, 5.74) is -0.377. The van der Waals surface area contributed by atoms with Gasteiger partial charge in [-0.1, -0.05) is 30.0 Å². The second kappa shape index (κ2) is 6.08. The maximum atomic E-state index is 11.1. The fraction of sp³-hybridized carbons (Fsp3) is 0.438. The van der Waals surface area contributed by atoms with Crippen molar-refractivity contribution in [1.29, 1.82) is 0 Å². The standard InChI is InChI=1S/C16H19NO3/c1-16(20,10-9-13-6-3-2-4-7-13)12-17-11-5-8-14(17)15(18)19/h2-4,6-7,14,20H,5,8,11-12H2,1H3,(H,18,19). The molecule has 0 spiro atoms. The molecule has 2 unspecified atom stereocenters. The summed E-state index contributed by atoms with van der Waals surface area (Å²) in [4.78, 5) is 12.9. The SMILES string of the molecule is CC(O)(C#Cc1ccccc1)CN1CCCC1C(=O)O. The van der Waals surface area contributed by atoms with Gasteiger partial charge in [0.1, 0.15) is 11.6 Å². The molecule has 0 radical (unpaired) electrons. The van der Waals surface area contributed by atoms with E-state index in [9.17, 15) is 9.90 Å². The average molecular weight is 273 g/mol. The lowest BCUT2D eigenvalue weighted by atomic mass is 10.1. The first-order valence-electron chi connectivity index (χ1n) is 6.75. The largest absolute Gasteiger partial charge is 0.480 e. The van der Waals surface area contributed by atoms with E-state index >= 15 is 0 Å². The number of carboxylic acid groups (broad SMARTS) is 1. The molecule has 1 saturated heterocycles. The molecule has 0 aromatic heterocycles. The van der Waals surface area contributed by atoms with Crippen LogP contribution >= 0.6 is 0 Å². The van der Waals surface area contributed by atoms with E-state index in [0.717, 1.165) is 12.0 Å². The number of carbonyl (C=O) groups is 1. The number of aliphatic carboxylic acids is 1. The third kappa shape index (κ3) is 3.83. The highest BCUT2D eigenvalue weighted by atomic mass is 16.4. The Labute approximate surface area is 119 Å². The van der Waals surface area contributed by atoms with Gasteiger partial charge < -0.3 is 10.2 Å². The Bertz CT molecular complexity index is 528. The van der Waals surface area contributed by atoms with Gasteiger partial charge in [-0.2, -0.15) is 0 Å². The van der Waals surface area contributed by atoms with Crippen LogP contribution in [-0.4, -0.2) is 45.8 Å². The van der Waals surface area contributed by atoms with Crippen LogP contribution in [0.25, 0.3) is 0 Å². The van der Waals surface area contributed by atoms with Gasteiger partial charge in [0.2, 0.25) is 0 Å². The van der Waals surface area contributed by atoms with Crippen LogP contribution < -0.4 is 0 Å². The lowest BCUT2D eigenvalue weighted by Gasteiger charge is -2.27. The molecule has 2 rings (SSSR count). The van der Waals surface area contributed by atoms with Crippen LogP contribution in [-0.2, 0) is 4.79 Å². The van der Waals surface area contributed by atoms with E-state index < -0.39 is 17.6 Å². The number of benzene rings is 1. The van der Waals surface area contributed by atoms with Gasteiger partial charge in [0.05, 0.1) is 0 Å². The van der Waals surface area contributed by atoms with Crippen LogP contribution in [0.1, 0.15) is 25.3 Å². The molecule has 1 aliphatic heterocycles. The molecule has 106 valence electrons. The minimum absolute atomic E-state index is 0.254. The second-order valence-corrected chi connectivity index (χ2v) is 5.36. The van der Waals surface area contributed by atoms with Gasteiger partial charge in [0, 0.05) is 12.1 Å².